The minimum atomic E-state index is -1.51. The molecule has 6 aliphatic heterocycles. The number of carbonyl (C=O) groups excluding carboxylic acids is 5. The van der Waals surface area contributed by atoms with Gasteiger partial charge in [-0.3, -0.25) is 48.8 Å². The Morgan fingerprint density at radius 2 is 1.05 bits per heavy atom. The topological polar surface area (TPSA) is 693 Å². The van der Waals surface area contributed by atoms with E-state index in [9.17, 15) is 85.3 Å². The lowest BCUT2D eigenvalue weighted by molar-refractivity contribution is -0.272. The van der Waals surface area contributed by atoms with Gasteiger partial charge < -0.3 is 172 Å². The molecular weight excluding hydrogens is 1560 g/mol. The highest BCUT2D eigenvalue weighted by Gasteiger charge is 2.49. The first-order chi connectivity index (χ1) is 56.1. The Kier molecular flexibility index (Phi) is 45.2. The highest BCUT2D eigenvalue weighted by Crippen LogP contribution is 2.27. The van der Waals surface area contributed by atoms with Crippen LogP contribution in [0.1, 0.15) is 47.0 Å². The summed E-state index contributed by atoms with van der Waals surface area (Å²) in [4.78, 5) is 70.6. The fourth-order valence-electron chi connectivity index (χ4n) is 13.2. The molecule has 22 unspecified atom stereocenters. The standard InChI is InChI=1S/C68H126N20O29/c1-39(93)75-52-60(101)56(97)48(35-89)114-65(52)110-23-19-106-15-10-73-27-44(79-71)32-85(28-43(70)29-86(72)12-16-107-20-24-111-66-53(76-40(2)94)61(102)57(98)49(36-90)115-66)47(64(105)74-9-8-69)7-5-6-11-84(30-45-33-87(82-80-45)13-17-108-21-25-112-67-54(77-41(3)95)62(103)58(99)50(37-91)116-67)31-46-34-88(83-81-46)14-18-109-22-26-113-68-55(78-42(4)96)63(104)59(100)51(38-92)117-68/h27,29,33,46-63,65-68,80,82,89-92,97-104H,5-26,28,30-32,34-38,69-72H2,1-4H3,(H,74,105)(H,75,93)(H,76,94)(H,77,95)(H,78,96)/b43-29-,73-27?,79-44?. The van der Waals surface area contributed by atoms with E-state index < -0.39 is 185 Å². The summed E-state index contributed by atoms with van der Waals surface area (Å²) in [6, 6.07) is -5.77. The van der Waals surface area contributed by atoms with E-state index in [-0.39, 0.29) is 142 Å². The molecule has 117 heavy (non-hydrogen) atoms. The van der Waals surface area contributed by atoms with Gasteiger partial charge in [-0.1, -0.05) is 11.6 Å². The van der Waals surface area contributed by atoms with E-state index in [1.54, 1.807) is 14.9 Å². The van der Waals surface area contributed by atoms with Crippen molar-refractivity contribution in [3.05, 3.63) is 23.8 Å². The summed E-state index contributed by atoms with van der Waals surface area (Å²) in [5.74, 6) is 10.1. The van der Waals surface area contributed by atoms with E-state index in [2.05, 4.69) is 62.9 Å². The van der Waals surface area contributed by atoms with Gasteiger partial charge in [-0.05, 0) is 19.4 Å². The van der Waals surface area contributed by atoms with Gasteiger partial charge in [0.25, 0.3) is 0 Å². The van der Waals surface area contributed by atoms with Crippen LogP contribution in [0.2, 0.25) is 0 Å². The quantitative estimate of drug-likeness (QED) is 0.0116. The molecule has 6 rings (SSSR count). The van der Waals surface area contributed by atoms with Gasteiger partial charge in [0.1, 0.15) is 103 Å². The second-order valence-electron chi connectivity index (χ2n) is 28.3. The number of hydrazine groups is 3. The van der Waals surface area contributed by atoms with Crippen molar-refractivity contribution in [2.24, 2.45) is 43.6 Å². The van der Waals surface area contributed by atoms with Gasteiger partial charge in [0, 0.05) is 91.3 Å². The number of hydrazone groups is 1. The zero-order valence-corrected chi connectivity index (χ0v) is 66.5. The third-order valence-corrected chi connectivity index (χ3v) is 19.0. The SMILES string of the molecule is CC(=O)NC1C(OCCOCCN=CC(CN(C/C(N)=C/N(N)CCOCCOC2OC(CO)C(O)C(O)C2NC(C)=O)C(CCCCN(CC2=CN(CCOCCOC3OC(CO)C(O)C(O)C3NC(C)=O)NN2)CC2CN(CCOCCOC3OC(CO)C(O)C(O)C3NC(C)=O)N=N2)C(=O)NCCN)=NN)OC(CO)C(O)C1O. The Balaban J connectivity index is 1.12. The number of aliphatic hydroxyl groups excluding tert-OH is 12. The average Bonchev–Trinajstić information content (AvgIpc) is 1.16. The van der Waals surface area contributed by atoms with Crippen molar-refractivity contribution in [3.8, 4) is 0 Å². The van der Waals surface area contributed by atoms with Crippen LogP contribution in [-0.2, 0) is 80.8 Å². The smallest absolute Gasteiger partial charge is 0.237 e. The van der Waals surface area contributed by atoms with Crippen LogP contribution in [0.5, 0.6) is 0 Å². The number of unbranched alkanes of at least 4 members (excludes halogenated alkanes) is 1. The largest absolute Gasteiger partial charge is 0.400 e. The number of hydrogen-bond donors (Lipinski definition) is 23. The molecule has 0 spiro atoms. The van der Waals surface area contributed by atoms with Crippen LogP contribution in [0.4, 0.5) is 0 Å². The lowest BCUT2D eigenvalue weighted by Crippen LogP contribution is -2.64. The second kappa shape index (κ2) is 53.2. The summed E-state index contributed by atoms with van der Waals surface area (Å²) in [6.45, 7) is 5.43. The maximum atomic E-state index is 14.5. The zero-order chi connectivity index (χ0) is 85.5. The minimum absolute atomic E-state index is 0.000651. The van der Waals surface area contributed by atoms with Gasteiger partial charge in [0.2, 0.25) is 29.5 Å². The Labute approximate surface area is 677 Å². The summed E-state index contributed by atoms with van der Waals surface area (Å²) >= 11 is 0. The van der Waals surface area contributed by atoms with Crippen LogP contribution in [0.25, 0.3) is 0 Å². The Bertz CT molecular complexity index is 3080. The number of aliphatic imine (C=N–C) groups is 1. The molecule has 49 nitrogen and oxygen atoms in total. The molecular formula is C68H126N20O29. The van der Waals surface area contributed by atoms with Crippen molar-refractivity contribution in [1.82, 2.24) is 62.4 Å². The van der Waals surface area contributed by atoms with Crippen molar-refractivity contribution in [3.63, 3.8) is 0 Å². The Morgan fingerprint density at radius 1 is 0.607 bits per heavy atom. The van der Waals surface area contributed by atoms with E-state index in [4.69, 9.17) is 80.0 Å². The monoisotopic (exact) mass is 1690 g/mol. The molecule has 6 aliphatic rings. The average molecular weight is 1690 g/mol. The van der Waals surface area contributed by atoms with Gasteiger partial charge >= 0.3 is 0 Å². The predicted octanol–water partition coefficient (Wildman–Crippen LogP) is -13.3. The van der Waals surface area contributed by atoms with E-state index in [0.29, 0.717) is 52.1 Å². The number of aliphatic hydroxyl groups is 12. The van der Waals surface area contributed by atoms with Gasteiger partial charge in [0.05, 0.1) is 156 Å². The molecule has 5 amide bonds. The number of carbonyl (C=O) groups is 5. The van der Waals surface area contributed by atoms with Gasteiger partial charge in [-0.2, -0.15) is 10.2 Å². The first-order valence-corrected chi connectivity index (χ1v) is 38.8. The van der Waals surface area contributed by atoms with Gasteiger partial charge in [0.15, 0.2) is 25.2 Å². The number of hydrogen-bond acceptors (Lipinski definition) is 44. The third-order valence-electron chi connectivity index (χ3n) is 19.0. The first kappa shape index (κ1) is 99.2. The summed E-state index contributed by atoms with van der Waals surface area (Å²) < 4.78 is 68.8. The second-order valence-corrected chi connectivity index (χ2v) is 28.3. The fourth-order valence-corrected chi connectivity index (χ4v) is 13.2. The fraction of sp³-hybridized carbons (Fsp3) is 0.838. The highest BCUT2D eigenvalue weighted by molar-refractivity contribution is 6.31. The third kappa shape index (κ3) is 33.4. The molecule has 4 saturated heterocycles. The van der Waals surface area contributed by atoms with E-state index in [1.165, 1.54) is 45.1 Å². The van der Waals surface area contributed by atoms with Crippen molar-refractivity contribution in [2.75, 3.05) is 184 Å². The van der Waals surface area contributed by atoms with Crippen LogP contribution in [-0.4, -0.2) is 446 Å². The molecule has 0 aromatic carbocycles. The lowest BCUT2D eigenvalue weighted by Gasteiger charge is -2.42. The zero-order valence-electron chi connectivity index (χ0n) is 66.5. The van der Waals surface area contributed by atoms with Crippen LogP contribution in [0.3, 0.4) is 0 Å². The van der Waals surface area contributed by atoms with Crippen LogP contribution in [0.15, 0.2) is 44.2 Å². The Morgan fingerprint density at radius 3 is 1.49 bits per heavy atom. The maximum Gasteiger partial charge on any atom is 0.237 e. The molecule has 672 valence electrons. The number of ether oxygens (including phenoxy) is 12. The van der Waals surface area contributed by atoms with Crippen molar-refractivity contribution in [1.29, 1.82) is 0 Å². The maximum absolute atomic E-state index is 14.5. The molecule has 22 atom stereocenters. The van der Waals surface area contributed by atoms with Crippen LogP contribution < -0.4 is 60.7 Å². The predicted molar refractivity (Wildman–Crippen MR) is 406 cm³/mol. The highest BCUT2D eigenvalue weighted by atomic mass is 16.7. The number of nitrogens with zero attached hydrogens (tertiary/aromatic N) is 9. The summed E-state index contributed by atoms with van der Waals surface area (Å²) in [7, 11) is 0. The van der Waals surface area contributed by atoms with Gasteiger partial charge in [-0.15, -0.1) is 5.53 Å². The van der Waals surface area contributed by atoms with Crippen molar-refractivity contribution < 1.29 is 142 Å². The molecule has 27 N–H and O–H groups in total. The minimum Gasteiger partial charge on any atom is -0.400 e. The van der Waals surface area contributed by atoms with E-state index >= 15 is 0 Å². The first-order valence-electron chi connectivity index (χ1n) is 38.8. The molecule has 0 radical (unpaired) electrons. The van der Waals surface area contributed by atoms with Crippen LogP contribution in [0, 0.1) is 0 Å². The molecule has 6 heterocycles. The molecule has 0 aliphatic carbocycles. The molecule has 4 fully saturated rings. The molecule has 0 aromatic heterocycles. The molecule has 49 heteroatoms. The summed E-state index contributed by atoms with van der Waals surface area (Å²) in [5, 5.41) is 154. The number of amides is 5. The van der Waals surface area contributed by atoms with Crippen molar-refractivity contribution >= 4 is 41.5 Å². The number of nitrogens with one attached hydrogen (secondary N) is 7. The lowest BCUT2D eigenvalue weighted by atomic mass is 9.97. The molecule has 0 saturated carbocycles. The van der Waals surface area contributed by atoms with Crippen molar-refractivity contribution in [2.45, 2.75) is 182 Å². The number of rotatable bonds is 55. The van der Waals surface area contributed by atoms with E-state index in [0.717, 1.165) is 5.70 Å². The van der Waals surface area contributed by atoms with E-state index in [1.807, 2.05) is 6.20 Å². The summed E-state index contributed by atoms with van der Waals surface area (Å²) in [6.07, 6.45) is -15.5. The van der Waals surface area contributed by atoms with Crippen LogP contribution >= 0.6 is 0 Å². The number of nitrogens with two attached hydrogens (primary N) is 4. The normalized spacial score (nSPS) is 29.9. The van der Waals surface area contributed by atoms with Gasteiger partial charge in [-0.25, -0.2) is 5.84 Å². The molecule has 0 bridgehead atoms. The Hall–Kier alpha value is -6.59. The molecule has 0 aromatic rings. The summed E-state index contributed by atoms with van der Waals surface area (Å²) in [5.41, 5.74) is 20.2.